The van der Waals surface area contributed by atoms with E-state index in [0.717, 1.165) is 57.5 Å². The number of hydrogen-bond donors (Lipinski definition) is 1. The molecule has 6 heteroatoms. The molecule has 3 nitrogen and oxygen atoms in total. The molecule has 2 fully saturated rings. The Morgan fingerprint density at radius 2 is 1.83 bits per heavy atom. The molecule has 1 heterocycles. The van der Waals surface area contributed by atoms with Gasteiger partial charge in [-0.05, 0) is 44.0 Å². The average molecular weight is 365 g/mol. The van der Waals surface area contributed by atoms with E-state index in [1.54, 1.807) is 12.1 Å². The standard InChI is InChI=1S/C17H25FN2O.2ClH/c1-19-8-10-20(11-9-19)13-16(17(21)6-3-7-17)14-4-2-5-15(18)12-14;;/h2,4-5,12,16,21H,3,6-11,13H2,1H3;2*1H. The molecule has 1 atom stereocenters. The molecule has 0 amide bonds. The molecule has 1 saturated heterocycles. The van der Waals surface area contributed by atoms with E-state index in [1.165, 1.54) is 6.07 Å². The Morgan fingerprint density at radius 3 is 2.35 bits per heavy atom. The summed E-state index contributed by atoms with van der Waals surface area (Å²) in [6.45, 7) is 5.01. The first-order valence-corrected chi connectivity index (χ1v) is 7.96. The van der Waals surface area contributed by atoms with Crippen LogP contribution in [0.3, 0.4) is 0 Å². The molecule has 0 spiro atoms. The summed E-state index contributed by atoms with van der Waals surface area (Å²) in [7, 11) is 2.14. The fourth-order valence-corrected chi connectivity index (χ4v) is 3.49. The van der Waals surface area contributed by atoms with Crippen molar-refractivity contribution in [1.82, 2.24) is 9.80 Å². The number of aliphatic hydroxyl groups is 1. The second-order valence-electron chi connectivity index (χ2n) is 6.67. The SMILES string of the molecule is CN1CCN(CC(c2cccc(F)c2)C2(O)CCC2)CC1.Cl.Cl. The minimum absolute atomic E-state index is 0. The lowest BCUT2D eigenvalue weighted by molar-refractivity contribution is -0.0666. The smallest absolute Gasteiger partial charge is 0.123 e. The van der Waals surface area contributed by atoms with E-state index in [1.807, 2.05) is 6.07 Å². The van der Waals surface area contributed by atoms with E-state index in [2.05, 4.69) is 16.8 Å². The Balaban J connectivity index is 0.00000132. The molecule has 0 bridgehead atoms. The molecule has 23 heavy (non-hydrogen) atoms. The summed E-state index contributed by atoms with van der Waals surface area (Å²) >= 11 is 0. The zero-order valence-electron chi connectivity index (χ0n) is 13.6. The molecular formula is C17H27Cl2FN2O. The highest BCUT2D eigenvalue weighted by molar-refractivity contribution is 5.85. The van der Waals surface area contributed by atoms with Crippen LogP contribution in [-0.4, -0.2) is 60.3 Å². The monoisotopic (exact) mass is 364 g/mol. The van der Waals surface area contributed by atoms with E-state index in [9.17, 15) is 9.50 Å². The molecule has 0 aromatic heterocycles. The minimum atomic E-state index is -0.642. The van der Waals surface area contributed by atoms with Gasteiger partial charge in [-0.2, -0.15) is 0 Å². The molecule has 1 N–H and O–H groups in total. The Bertz CT molecular complexity index is 491. The Labute approximate surface area is 150 Å². The number of likely N-dealkylation sites (N-methyl/N-ethyl adjacent to an activating group) is 1. The van der Waals surface area contributed by atoms with Gasteiger partial charge in [0.25, 0.3) is 0 Å². The zero-order chi connectivity index (χ0) is 14.9. The number of nitrogens with zero attached hydrogens (tertiary/aromatic N) is 2. The van der Waals surface area contributed by atoms with Gasteiger partial charge in [-0.25, -0.2) is 4.39 Å². The third-order valence-electron chi connectivity index (χ3n) is 5.16. The highest BCUT2D eigenvalue weighted by Crippen LogP contribution is 2.44. The summed E-state index contributed by atoms with van der Waals surface area (Å²) in [6.07, 6.45) is 2.74. The van der Waals surface area contributed by atoms with Crippen molar-refractivity contribution in [2.45, 2.75) is 30.8 Å². The van der Waals surface area contributed by atoms with Crippen molar-refractivity contribution in [3.8, 4) is 0 Å². The summed E-state index contributed by atoms with van der Waals surface area (Å²) in [5, 5.41) is 10.8. The largest absolute Gasteiger partial charge is 0.389 e. The fourth-order valence-electron chi connectivity index (χ4n) is 3.49. The predicted octanol–water partition coefficient (Wildman–Crippen LogP) is 2.92. The summed E-state index contributed by atoms with van der Waals surface area (Å²) in [6, 6.07) is 6.78. The van der Waals surface area contributed by atoms with Crippen molar-refractivity contribution >= 4 is 24.8 Å². The first kappa shape index (κ1) is 20.7. The van der Waals surface area contributed by atoms with Gasteiger partial charge in [-0.1, -0.05) is 12.1 Å². The van der Waals surface area contributed by atoms with Crippen molar-refractivity contribution in [2.24, 2.45) is 0 Å². The van der Waals surface area contributed by atoms with E-state index in [-0.39, 0.29) is 36.5 Å². The first-order valence-electron chi connectivity index (χ1n) is 7.96. The first-order chi connectivity index (χ1) is 10.1. The lowest BCUT2D eigenvalue weighted by Crippen LogP contribution is -2.51. The van der Waals surface area contributed by atoms with Crippen molar-refractivity contribution in [3.05, 3.63) is 35.6 Å². The fraction of sp³-hybridized carbons (Fsp3) is 0.647. The molecule has 3 rings (SSSR count). The molecular weight excluding hydrogens is 338 g/mol. The predicted molar refractivity (Wildman–Crippen MR) is 96.4 cm³/mol. The van der Waals surface area contributed by atoms with Crippen molar-refractivity contribution in [2.75, 3.05) is 39.8 Å². The van der Waals surface area contributed by atoms with E-state index in [4.69, 9.17) is 0 Å². The summed E-state index contributed by atoms with van der Waals surface area (Å²) in [5.41, 5.74) is 0.299. The number of benzene rings is 1. The van der Waals surface area contributed by atoms with Gasteiger partial charge in [-0.15, -0.1) is 24.8 Å². The van der Waals surface area contributed by atoms with Crippen LogP contribution in [0.5, 0.6) is 0 Å². The maximum Gasteiger partial charge on any atom is 0.123 e. The van der Waals surface area contributed by atoms with Crippen LogP contribution in [-0.2, 0) is 0 Å². The maximum absolute atomic E-state index is 13.6. The van der Waals surface area contributed by atoms with E-state index >= 15 is 0 Å². The highest BCUT2D eigenvalue weighted by atomic mass is 35.5. The third-order valence-corrected chi connectivity index (χ3v) is 5.16. The molecule has 1 saturated carbocycles. The van der Waals surface area contributed by atoms with Crippen LogP contribution in [0.15, 0.2) is 24.3 Å². The molecule has 1 aromatic rings. The van der Waals surface area contributed by atoms with Gasteiger partial charge in [0.15, 0.2) is 0 Å². The average Bonchev–Trinajstić information content (AvgIpc) is 2.44. The molecule has 132 valence electrons. The van der Waals surface area contributed by atoms with Crippen molar-refractivity contribution in [1.29, 1.82) is 0 Å². The van der Waals surface area contributed by atoms with Crippen LogP contribution < -0.4 is 0 Å². The van der Waals surface area contributed by atoms with Gasteiger partial charge in [0, 0.05) is 38.6 Å². The van der Waals surface area contributed by atoms with Crippen LogP contribution >= 0.6 is 24.8 Å². The van der Waals surface area contributed by atoms with Crippen LogP contribution in [0.4, 0.5) is 4.39 Å². The molecule has 2 aliphatic rings. The summed E-state index contributed by atoms with van der Waals surface area (Å²) in [5.74, 6) is -0.191. The van der Waals surface area contributed by atoms with Gasteiger partial charge < -0.3 is 14.9 Å². The second kappa shape index (κ2) is 8.63. The van der Waals surface area contributed by atoms with Crippen LogP contribution in [0, 0.1) is 5.82 Å². The normalized spacial score (nSPS) is 22.4. The zero-order valence-corrected chi connectivity index (χ0v) is 15.2. The molecule has 1 aromatic carbocycles. The number of halogens is 3. The van der Waals surface area contributed by atoms with Crippen molar-refractivity contribution in [3.63, 3.8) is 0 Å². The molecule has 1 aliphatic heterocycles. The molecule has 0 radical (unpaired) electrons. The van der Waals surface area contributed by atoms with Crippen LogP contribution in [0.1, 0.15) is 30.7 Å². The van der Waals surface area contributed by atoms with Crippen molar-refractivity contribution < 1.29 is 9.50 Å². The quantitative estimate of drug-likeness (QED) is 0.889. The third kappa shape index (κ3) is 4.80. The maximum atomic E-state index is 13.6. The second-order valence-corrected chi connectivity index (χ2v) is 6.67. The van der Waals surface area contributed by atoms with Gasteiger partial charge >= 0.3 is 0 Å². The molecule has 1 unspecified atom stereocenters. The van der Waals surface area contributed by atoms with Gasteiger partial charge in [0.2, 0.25) is 0 Å². The van der Waals surface area contributed by atoms with E-state index < -0.39 is 5.60 Å². The van der Waals surface area contributed by atoms with Gasteiger partial charge in [0.05, 0.1) is 5.60 Å². The van der Waals surface area contributed by atoms with Gasteiger partial charge in [-0.3, -0.25) is 0 Å². The number of rotatable bonds is 4. The lowest BCUT2D eigenvalue weighted by atomic mass is 9.68. The Morgan fingerprint density at radius 1 is 1.17 bits per heavy atom. The molecule has 1 aliphatic carbocycles. The summed E-state index contributed by atoms with van der Waals surface area (Å²) < 4.78 is 13.6. The minimum Gasteiger partial charge on any atom is -0.389 e. The Hall–Kier alpha value is -0.390. The van der Waals surface area contributed by atoms with E-state index in [0.29, 0.717) is 0 Å². The topological polar surface area (TPSA) is 26.7 Å². The van der Waals surface area contributed by atoms with Crippen LogP contribution in [0.2, 0.25) is 0 Å². The number of hydrogen-bond acceptors (Lipinski definition) is 3. The van der Waals surface area contributed by atoms with Gasteiger partial charge in [0.1, 0.15) is 5.82 Å². The Kier molecular flexibility index (Phi) is 7.75. The lowest BCUT2D eigenvalue weighted by Gasteiger charge is -2.46. The highest BCUT2D eigenvalue weighted by Gasteiger charge is 2.43. The number of piperazine rings is 1. The summed E-state index contributed by atoms with van der Waals surface area (Å²) in [4.78, 5) is 4.73. The van der Waals surface area contributed by atoms with Crippen LogP contribution in [0.25, 0.3) is 0 Å².